The SMILES string of the molecule is CC(Nc1cnn(C(C)(C)C)c1)c1nc(C2CC2)no1. The number of aromatic nitrogens is 4. The molecule has 1 aliphatic rings. The Kier molecular flexibility index (Phi) is 3.03. The second-order valence-corrected chi connectivity index (χ2v) is 6.48. The van der Waals surface area contributed by atoms with Crippen molar-refractivity contribution in [3.63, 3.8) is 0 Å². The zero-order chi connectivity index (χ0) is 14.3. The average molecular weight is 275 g/mol. The van der Waals surface area contributed by atoms with E-state index in [1.54, 1.807) is 0 Å². The maximum atomic E-state index is 5.32. The summed E-state index contributed by atoms with van der Waals surface area (Å²) in [6.45, 7) is 8.37. The molecule has 1 aliphatic carbocycles. The van der Waals surface area contributed by atoms with Gasteiger partial charge in [0, 0.05) is 12.1 Å². The second-order valence-electron chi connectivity index (χ2n) is 6.48. The van der Waals surface area contributed by atoms with Gasteiger partial charge < -0.3 is 9.84 Å². The van der Waals surface area contributed by atoms with Crippen molar-refractivity contribution in [2.45, 2.75) is 58.0 Å². The van der Waals surface area contributed by atoms with Crippen molar-refractivity contribution in [3.8, 4) is 0 Å². The molecule has 108 valence electrons. The number of rotatable bonds is 4. The lowest BCUT2D eigenvalue weighted by atomic mass is 10.1. The van der Waals surface area contributed by atoms with Gasteiger partial charge in [0.15, 0.2) is 5.82 Å². The molecule has 3 rings (SSSR count). The first-order chi connectivity index (χ1) is 9.43. The Morgan fingerprint density at radius 3 is 2.75 bits per heavy atom. The van der Waals surface area contributed by atoms with Crippen LogP contribution in [0.3, 0.4) is 0 Å². The third-order valence-electron chi connectivity index (χ3n) is 3.42. The molecule has 6 nitrogen and oxygen atoms in total. The highest BCUT2D eigenvalue weighted by Gasteiger charge is 2.29. The Bertz CT molecular complexity index is 591. The maximum Gasteiger partial charge on any atom is 0.248 e. The summed E-state index contributed by atoms with van der Waals surface area (Å²) < 4.78 is 7.26. The molecule has 0 saturated heterocycles. The van der Waals surface area contributed by atoms with Crippen LogP contribution in [-0.4, -0.2) is 19.9 Å². The molecule has 2 aromatic rings. The van der Waals surface area contributed by atoms with Crippen LogP contribution in [-0.2, 0) is 5.54 Å². The molecule has 0 bridgehead atoms. The largest absolute Gasteiger partial charge is 0.371 e. The fourth-order valence-corrected chi connectivity index (χ4v) is 2.01. The van der Waals surface area contributed by atoms with Crippen LogP contribution >= 0.6 is 0 Å². The Morgan fingerprint density at radius 1 is 1.40 bits per heavy atom. The molecule has 0 amide bonds. The van der Waals surface area contributed by atoms with E-state index in [-0.39, 0.29) is 11.6 Å². The average Bonchev–Trinajstić information content (AvgIpc) is 2.91. The highest BCUT2D eigenvalue weighted by Crippen LogP contribution is 2.38. The highest BCUT2D eigenvalue weighted by atomic mass is 16.5. The molecule has 1 N–H and O–H groups in total. The zero-order valence-corrected chi connectivity index (χ0v) is 12.4. The molecule has 0 radical (unpaired) electrons. The third-order valence-corrected chi connectivity index (χ3v) is 3.42. The van der Waals surface area contributed by atoms with Gasteiger partial charge in [0.05, 0.1) is 17.4 Å². The van der Waals surface area contributed by atoms with Gasteiger partial charge in [-0.05, 0) is 40.5 Å². The smallest absolute Gasteiger partial charge is 0.248 e. The van der Waals surface area contributed by atoms with E-state index in [1.807, 2.05) is 24.0 Å². The molecule has 6 heteroatoms. The second kappa shape index (κ2) is 4.61. The topological polar surface area (TPSA) is 68.8 Å². The number of nitrogens with one attached hydrogen (secondary N) is 1. The number of hydrogen-bond acceptors (Lipinski definition) is 5. The van der Waals surface area contributed by atoms with E-state index in [0.29, 0.717) is 11.8 Å². The first kappa shape index (κ1) is 13.1. The lowest BCUT2D eigenvalue weighted by molar-refractivity contribution is 0.355. The quantitative estimate of drug-likeness (QED) is 0.928. The van der Waals surface area contributed by atoms with Gasteiger partial charge in [-0.1, -0.05) is 5.16 Å². The summed E-state index contributed by atoms with van der Waals surface area (Å²) in [5.74, 6) is 2.00. The lowest BCUT2D eigenvalue weighted by Gasteiger charge is -2.18. The summed E-state index contributed by atoms with van der Waals surface area (Å²) in [4.78, 5) is 4.46. The summed E-state index contributed by atoms with van der Waals surface area (Å²) in [6, 6.07) is -0.0207. The standard InChI is InChI=1S/C14H21N5O/c1-9(13-17-12(18-20-13)10-5-6-10)16-11-7-15-19(8-11)14(2,3)4/h7-10,16H,5-6H2,1-4H3. The van der Waals surface area contributed by atoms with Gasteiger partial charge in [0.2, 0.25) is 5.89 Å². The highest BCUT2D eigenvalue weighted by molar-refractivity contribution is 5.40. The first-order valence-corrected chi connectivity index (χ1v) is 7.08. The normalized spacial score (nSPS) is 17.2. The van der Waals surface area contributed by atoms with E-state index in [0.717, 1.165) is 11.5 Å². The number of hydrogen-bond donors (Lipinski definition) is 1. The molecule has 0 aromatic carbocycles. The Morgan fingerprint density at radius 2 is 2.15 bits per heavy atom. The Hall–Kier alpha value is -1.85. The molecule has 2 aromatic heterocycles. The van der Waals surface area contributed by atoms with Crippen LogP contribution in [0.2, 0.25) is 0 Å². The molecule has 2 heterocycles. The first-order valence-electron chi connectivity index (χ1n) is 7.08. The van der Waals surface area contributed by atoms with E-state index < -0.39 is 0 Å². The van der Waals surface area contributed by atoms with E-state index in [2.05, 4.69) is 41.3 Å². The van der Waals surface area contributed by atoms with Gasteiger partial charge in [0.1, 0.15) is 6.04 Å². The van der Waals surface area contributed by atoms with Crippen LogP contribution in [0, 0.1) is 0 Å². The van der Waals surface area contributed by atoms with Crippen LogP contribution in [0.5, 0.6) is 0 Å². The lowest BCUT2D eigenvalue weighted by Crippen LogP contribution is -2.21. The Labute approximate surface area is 118 Å². The maximum absolute atomic E-state index is 5.32. The van der Waals surface area contributed by atoms with Crippen LogP contribution in [0.15, 0.2) is 16.9 Å². The van der Waals surface area contributed by atoms with Gasteiger partial charge in [-0.15, -0.1) is 0 Å². The predicted octanol–water partition coefficient (Wildman–Crippen LogP) is 3.07. The monoisotopic (exact) mass is 275 g/mol. The van der Waals surface area contributed by atoms with Crippen molar-refractivity contribution in [1.29, 1.82) is 0 Å². The fraction of sp³-hybridized carbons (Fsp3) is 0.643. The van der Waals surface area contributed by atoms with E-state index in [9.17, 15) is 0 Å². The van der Waals surface area contributed by atoms with E-state index in [1.165, 1.54) is 12.8 Å². The van der Waals surface area contributed by atoms with Crippen molar-refractivity contribution in [2.24, 2.45) is 0 Å². The molecule has 0 aliphatic heterocycles. The zero-order valence-electron chi connectivity index (χ0n) is 12.4. The van der Waals surface area contributed by atoms with Gasteiger partial charge in [-0.25, -0.2) is 0 Å². The molecule has 0 spiro atoms. The minimum Gasteiger partial charge on any atom is -0.371 e. The molecule has 1 saturated carbocycles. The van der Waals surface area contributed by atoms with Crippen molar-refractivity contribution < 1.29 is 4.52 Å². The number of anilines is 1. The predicted molar refractivity (Wildman–Crippen MR) is 75.5 cm³/mol. The van der Waals surface area contributed by atoms with Gasteiger partial charge in [-0.3, -0.25) is 4.68 Å². The van der Waals surface area contributed by atoms with Gasteiger partial charge in [-0.2, -0.15) is 10.1 Å². The third kappa shape index (κ3) is 2.69. The van der Waals surface area contributed by atoms with Crippen molar-refractivity contribution in [2.75, 3.05) is 5.32 Å². The van der Waals surface area contributed by atoms with Crippen LogP contribution in [0.25, 0.3) is 0 Å². The van der Waals surface area contributed by atoms with Crippen molar-refractivity contribution >= 4 is 5.69 Å². The van der Waals surface area contributed by atoms with Crippen molar-refractivity contribution in [3.05, 3.63) is 24.1 Å². The summed E-state index contributed by atoms with van der Waals surface area (Å²) >= 11 is 0. The molecule has 20 heavy (non-hydrogen) atoms. The molecular weight excluding hydrogens is 254 g/mol. The van der Waals surface area contributed by atoms with E-state index >= 15 is 0 Å². The van der Waals surface area contributed by atoms with Gasteiger partial charge in [0.25, 0.3) is 0 Å². The summed E-state index contributed by atoms with van der Waals surface area (Å²) in [6.07, 6.45) is 6.17. The van der Waals surface area contributed by atoms with E-state index in [4.69, 9.17) is 4.52 Å². The summed E-state index contributed by atoms with van der Waals surface area (Å²) in [7, 11) is 0. The minimum absolute atomic E-state index is 0.0207. The summed E-state index contributed by atoms with van der Waals surface area (Å²) in [5.41, 5.74) is 0.936. The molecule has 1 unspecified atom stereocenters. The van der Waals surface area contributed by atoms with Crippen molar-refractivity contribution in [1.82, 2.24) is 19.9 Å². The minimum atomic E-state index is -0.0210. The fourth-order valence-electron chi connectivity index (χ4n) is 2.01. The molecule has 1 fully saturated rings. The number of nitrogens with zero attached hydrogens (tertiary/aromatic N) is 4. The summed E-state index contributed by atoms with van der Waals surface area (Å²) in [5, 5.41) is 11.7. The van der Waals surface area contributed by atoms with Crippen LogP contribution in [0.1, 0.15) is 64.2 Å². The Balaban J connectivity index is 1.68. The molecular formula is C14H21N5O. The van der Waals surface area contributed by atoms with Crippen LogP contribution < -0.4 is 5.32 Å². The van der Waals surface area contributed by atoms with Crippen LogP contribution in [0.4, 0.5) is 5.69 Å². The van der Waals surface area contributed by atoms with Gasteiger partial charge >= 0.3 is 0 Å². The molecule has 1 atom stereocenters.